The van der Waals surface area contributed by atoms with E-state index in [-0.39, 0.29) is 17.6 Å². The largest absolute Gasteiger partial charge is 0.356 e. The minimum atomic E-state index is -0.0839. The Balaban J connectivity index is 1.24. The Hall–Kier alpha value is -4.00. The quantitative estimate of drug-likeness (QED) is 0.451. The van der Waals surface area contributed by atoms with Gasteiger partial charge in [-0.15, -0.1) is 0 Å². The van der Waals surface area contributed by atoms with Crippen LogP contribution in [0.3, 0.4) is 0 Å². The summed E-state index contributed by atoms with van der Waals surface area (Å²) < 4.78 is 0. The molecule has 3 heterocycles. The number of amides is 1. The summed E-state index contributed by atoms with van der Waals surface area (Å²) in [7, 11) is 0. The van der Waals surface area contributed by atoms with E-state index < -0.39 is 0 Å². The van der Waals surface area contributed by atoms with Gasteiger partial charge < -0.3 is 15.2 Å². The van der Waals surface area contributed by atoms with Crippen molar-refractivity contribution in [2.75, 3.05) is 23.3 Å². The molecule has 166 valence electrons. The first-order valence-electron chi connectivity index (χ1n) is 11.1. The molecule has 0 radical (unpaired) electrons. The Kier molecular flexibility index (Phi) is 5.60. The van der Waals surface area contributed by atoms with E-state index in [4.69, 9.17) is 0 Å². The summed E-state index contributed by atoms with van der Waals surface area (Å²) in [6, 6.07) is 16.3. The highest BCUT2D eigenvalue weighted by Crippen LogP contribution is 2.29. The molecule has 1 amide bonds. The molecule has 1 aliphatic rings. The van der Waals surface area contributed by atoms with Crippen LogP contribution in [0.5, 0.6) is 0 Å². The molecule has 0 spiro atoms. The minimum absolute atomic E-state index is 0.00961. The lowest BCUT2D eigenvalue weighted by atomic mass is 9.95. The van der Waals surface area contributed by atoms with Crippen molar-refractivity contribution in [1.29, 1.82) is 0 Å². The zero-order valence-electron chi connectivity index (χ0n) is 18.4. The zero-order chi connectivity index (χ0) is 22.8. The predicted molar refractivity (Wildman–Crippen MR) is 129 cm³/mol. The van der Waals surface area contributed by atoms with Crippen LogP contribution in [0.2, 0.25) is 0 Å². The van der Waals surface area contributed by atoms with Crippen molar-refractivity contribution in [2.24, 2.45) is 5.92 Å². The summed E-state index contributed by atoms with van der Waals surface area (Å²) in [4.78, 5) is 39.9. The van der Waals surface area contributed by atoms with E-state index in [9.17, 15) is 9.59 Å². The van der Waals surface area contributed by atoms with E-state index in [0.29, 0.717) is 16.8 Å². The number of nitrogens with one attached hydrogen (secondary N) is 2. The molecule has 2 N–H and O–H groups in total. The smallest absolute Gasteiger partial charge is 0.227 e. The molecular formula is C26H25N5O2. The number of H-pyrrole nitrogens is 1. The fourth-order valence-electron chi connectivity index (χ4n) is 4.43. The molecule has 1 aliphatic heterocycles. The lowest BCUT2D eigenvalue weighted by Crippen LogP contribution is -2.38. The van der Waals surface area contributed by atoms with Gasteiger partial charge in [0.15, 0.2) is 5.78 Å². The number of aromatic amines is 1. The number of piperidine rings is 1. The molecule has 4 aromatic rings. The lowest BCUT2D eigenvalue weighted by Gasteiger charge is -2.32. The van der Waals surface area contributed by atoms with E-state index in [1.54, 1.807) is 36.7 Å². The van der Waals surface area contributed by atoms with Crippen LogP contribution in [0.25, 0.3) is 11.0 Å². The number of hydrogen-bond acceptors (Lipinski definition) is 5. The molecule has 7 nitrogen and oxygen atoms in total. The first kappa shape index (κ1) is 20.9. The maximum atomic E-state index is 12.9. The molecule has 0 unspecified atom stereocenters. The minimum Gasteiger partial charge on any atom is -0.356 e. The van der Waals surface area contributed by atoms with Gasteiger partial charge in [0.25, 0.3) is 0 Å². The number of anilines is 2. The summed E-state index contributed by atoms with van der Waals surface area (Å²) in [5.41, 5.74) is 3.78. The third-order valence-corrected chi connectivity index (χ3v) is 6.24. The lowest BCUT2D eigenvalue weighted by molar-refractivity contribution is -0.120. The average Bonchev–Trinajstić information content (AvgIpc) is 3.25. The average molecular weight is 440 g/mol. The summed E-state index contributed by atoms with van der Waals surface area (Å²) in [5, 5.41) is 4.05. The highest BCUT2D eigenvalue weighted by Gasteiger charge is 2.27. The summed E-state index contributed by atoms with van der Waals surface area (Å²) in [6.45, 7) is 3.55. The Labute approximate surface area is 191 Å². The first-order chi connectivity index (χ1) is 16.1. The molecule has 0 atom stereocenters. The molecule has 7 heteroatoms. The second-order valence-electron chi connectivity index (χ2n) is 8.42. The van der Waals surface area contributed by atoms with Crippen molar-refractivity contribution in [3.63, 3.8) is 0 Å². The standard InChI is InChI=1S/C26H25N5O2/c1-17-15-27-24-22(17)25(29-16-28-24)31-12-10-19(11-13-31)26(33)30-21-9-5-8-20(14-21)23(32)18-6-3-2-4-7-18/h2-9,14-16,19H,10-13H2,1H3,(H,30,33)(H,27,28,29). The van der Waals surface area contributed by atoms with Crippen LogP contribution in [-0.4, -0.2) is 39.7 Å². The van der Waals surface area contributed by atoms with E-state index in [2.05, 4.69) is 25.2 Å². The normalized spacial score (nSPS) is 14.4. The van der Waals surface area contributed by atoms with E-state index in [1.165, 1.54) is 0 Å². The molecule has 2 aromatic heterocycles. The number of hydrogen-bond donors (Lipinski definition) is 2. The van der Waals surface area contributed by atoms with E-state index >= 15 is 0 Å². The SMILES string of the molecule is Cc1c[nH]c2ncnc(N3CCC(C(=O)Nc4cccc(C(=O)c5ccccc5)c4)CC3)c12. The Morgan fingerprint density at radius 2 is 1.76 bits per heavy atom. The molecule has 0 bridgehead atoms. The van der Waals surface area contributed by atoms with Gasteiger partial charge in [-0.05, 0) is 37.5 Å². The van der Waals surface area contributed by atoms with Crippen molar-refractivity contribution in [3.8, 4) is 0 Å². The third kappa shape index (κ3) is 4.22. The Morgan fingerprint density at radius 3 is 2.55 bits per heavy atom. The number of nitrogens with zero attached hydrogens (tertiary/aromatic N) is 3. The molecule has 1 saturated heterocycles. The van der Waals surface area contributed by atoms with Gasteiger partial charge in [-0.25, -0.2) is 9.97 Å². The number of benzene rings is 2. The molecule has 2 aromatic carbocycles. The van der Waals surface area contributed by atoms with Crippen molar-refractivity contribution in [2.45, 2.75) is 19.8 Å². The molecule has 0 saturated carbocycles. The van der Waals surface area contributed by atoms with Crippen LogP contribution < -0.4 is 10.2 Å². The topological polar surface area (TPSA) is 91.0 Å². The van der Waals surface area contributed by atoms with Crippen molar-refractivity contribution in [3.05, 3.63) is 83.8 Å². The van der Waals surface area contributed by atoms with Gasteiger partial charge in [-0.1, -0.05) is 42.5 Å². The zero-order valence-corrected chi connectivity index (χ0v) is 18.4. The van der Waals surface area contributed by atoms with Crippen molar-refractivity contribution >= 4 is 34.2 Å². The van der Waals surface area contributed by atoms with Gasteiger partial charge in [0.1, 0.15) is 17.8 Å². The number of carbonyl (C=O) groups is 2. The summed E-state index contributed by atoms with van der Waals surface area (Å²) in [5.74, 6) is 0.768. The van der Waals surface area contributed by atoms with Crippen LogP contribution >= 0.6 is 0 Å². The maximum Gasteiger partial charge on any atom is 0.227 e. The maximum absolute atomic E-state index is 12.9. The van der Waals surface area contributed by atoms with Gasteiger partial charge in [0.2, 0.25) is 5.91 Å². The molecular weight excluding hydrogens is 414 g/mol. The fourth-order valence-corrected chi connectivity index (χ4v) is 4.43. The van der Waals surface area contributed by atoms with Crippen LogP contribution in [0, 0.1) is 12.8 Å². The van der Waals surface area contributed by atoms with E-state index in [0.717, 1.165) is 48.3 Å². The number of rotatable bonds is 5. The Morgan fingerprint density at radius 1 is 1.00 bits per heavy atom. The highest BCUT2D eigenvalue weighted by molar-refractivity contribution is 6.09. The summed E-state index contributed by atoms with van der Waals surface area (Å²) in [6.07, 6.45) is 5.00. The Bertz CT molecular complexity index is 1310. The molecule has 33 heavy (non-hydrogen) atoms. The van der Waals surface area contributed by atoms with Gasteiger partial charge in [0.05, 0.1) is 5.39 Å². The number of ketones is 1. The predicted octanol–water partition coefficient (Wildman–Crippen LogP) is 4.35. The van der Waals surface area contributed by atoms with Crippen LogP contribution in [0.1, 0.15) is 34.3 Å². The molecule has 5 rings (SSSR count). The monoisotopic (exact) mass is 439 g/mol. The van der Waals surface area contributed by atoms with Crippen LogP contribution in [0.4, 0.5) is 11.5 Å². The number of aryl methyl sites for hydroxylation is 1. The van der Waals surface area contributed by atoms with Gasteiger partial charge in [-0.3, -0.25) is 9.59 Å². The molecule has 0 aliphatic carbocycles. The van der Waals surface area contributed by atoms with Crippen molar-refractivity contribution in [1.82, 2.24) is 15.0 Å². The van der Waals surface area contributed by atoms with Gasteiger partial charge in [0, 0.05) is 42.0 Å². The van der Waals surface area contributed by atoms with Crippen molar-refractivity contribution < 1.29 is 9.59 Å². The first-order valence-corrected chi connectivity index (χ1v) is 11.1. The third-order valence-electron chi connectivity index (χ3n) is 6.24. The van der Waals surface area contributed by atoms with Gasteiger partial charge in [-0.2, -0.15) is 0 Å². The second kappa shape index (κ2) is 8.86. The number of carbonyl (C=O) groups excluding carboxylic acids is 2. The highest BCUT2D eigenvalue weighted by atomic mass is 16.2. The number of aromatic nitrogens is 3. The van der Waals surface area contributed by atoms with Gasteiger partial charge >= 0.3 is 0 Å². The number of fused-ring (bicyclic) bond motifs is 1. The summed E-state index contributed by atoms with van der Waals surface area (Å²) >= 11 is 0. The second-order valence-corrected chi connectivity index (χ2v) is 8.42. The van der Waals surface area contributed by atoms with Crippen LogP contribution in [0.15, 0.2) is 67.1 Å². The fraction of sp³-hybridized carbons (Fsp3) is 0.231. The van der Waals surface area contributed by atoms with Crippen LogP contribution in [-0.2, 0) is 4.79 Å². The molecule has 1 fully saturated rings. The van der Waals surface area contributed by atoms with E-state index in [1.807, 2.05) is 37.4 Å².